The minimum atomic E-state index is -0.636. The average molecular weight is 246 g/mol. The van der Waals surface area contributed by atoms with Crippen LogP contribution in [0.1, 0.15) is 23.1 Å². The summed E-state index contributed by atoms with van der Waals surface area (Å²) in [5.41, 5.74) is 5.46. The topological polar surface area (TPSA) is 76.1 Å². The SMILES string of the molecule is Cc1ccc(C)n1-c1ccc([C@@H](O)CNN)cn1. The van der Waals surface area contributed by atoms with E-state index in [9.17, 15) is 5.11 Å². The maximum Gasteiger partial charge on any atom is 0.136 e. The maximum atomic E-state index is 9.76. The molecule has 5 heteroatoms. The molecular formula is C13H18N4O. The molecule has 0 unspecified atom stereocenters. The Morgan fingerprint density at radius 2 is 1.94 bits per heavy atom. The van der Waals surface area contributed by atoms with Crippen LogP contribution in [-0.2, 0) is 0 Å². The van der Waals surface area contributed by atoms with Crippen LogP contribution in [0.5, 0.6) is 0 Å². The lowest BCUT2D eigenvalue weighted by molar-refractivity contribution is 0.175. The zero-order valence-corrected chi connectivity index (χ0v) is 10.6. The highest BCUT2D eigenvalue weighted by Gasteiger charge is 2.09. The molecule has 96 valence electrons. The highest BCUT2D eigenvalue weighted by molar-refractivity contribution is 5.33. The van der Waals surface area contributed by atoms with E-state index in [4.69, 9.17) is 5.84 Å². The maximum absolute atomic E-state index is 9.76. The molecule has 2 aromatic heterocycles. The molecule has 0 bridgehead atoms. The van der Waals surface area contributed by atoms with Gasteiger partial charge in [-0.1, -0.05) is 6.07 Å². The fourth-order valence-corrected chi connectivity index (χ4v) is 1.99. The molecule has 0 spiro atoms. The van der Waals surface area contributed by atoms with Crippen LogP contribution in [0, 0.1) is 13.8 Å². The quantitative estimate of drug-likeness (QED) is 0.555. The van der Waals surface area contributed by atoms with Crippen molar-refractivity contribution in [2.45, 2.75) is 20.0 Å². The summed E-state index contributed by atoms with van der Waals surface area (Å²) in [6.45, 7) is 4.38. The highest BCUT2D eigenvalue weighted by Crippen LogP contribution is 2.16. The van der Waals surface area contributed by atoms with E-state index < -0.39 is 6.10 Å². The monoisotopic (exact) mass is 246 g/mol. The van der Waals surface area contributed by atoms with Gasteiger partial charge in [0, 0.05) is 29.7 Å². The number of hydrogen-bond donors (Lipinski definition) is 3. The summed E-state index contributed by atoms with van der Waals surface area (Å²) in [4.78, 5) is 4.38. The first kappa shape index (κ1) is 12.8. The molecule has 2 heterocycles. The van der Waals surface area contributed by atoms with E-state index >= 15 is 0 Å². The first-order valence-corrected chi connectivity index (χ1v) is 5.86. The predicted molar refractivity (Wildman–Crippen MR) is 70.2 cm³/mol. The van der Waals surface area contributed by atoms with Gasteiger partial charge in [-0.2, -0.15) is 0 Å². The average Bonchev–Trinajstić information content (AvgIpc) is 2.70. The molecule has 0 saturated heterocycles. The summed E-state index contributed by atoms with van der Waals surface area (Å²) in [5, 5.41) is 9.76. The first-order valence-electron chi connectivity index (χ1n) is 5.86. The fourth-order valence-electron chi connectivity index (χ4n) is 1.99. The Balaban J connectivity index is 2.28. The minimum Gasteiger partial charge on any atom is -0.387 e. The van der Waals surface area contributed by atoms with E-state index in [0.29, 0.717) is 6.54 Å². The summed E-state index contributed by atoms with van der Waals surface area (Å²) >= 11 is 0. The molecule has 2 aromatic rings. The number of nitrogens with two attached hydrogens (primary N) is 1. The number of aliphatic hydroxyl groups is 1. The van der Waals surface area contributed by atoms with Crippen molar-refractivity contribution in [3.8, 4) is 5.82 Å². The smallest absolute Gasteiger partial charge is 0.136 e. The van der Waals surface area contributed by atoms with Crippen LogP contribution in [0.15, 0.2) is 30.5 Å². The van der Waals surface area contributed by atoms with Crippen molar-refractivity contribution < 1.29 is 5.11 Å². The van der Waals surface area contributed by atoms with Crippen molar-refractivity contribution in [1.29, 1.82) is 0 Å². The normalized spacial score (nSPS) is 12.7. The van der Waals surface area contributed by atoms with Crippen LogP contribution in [0.25, 0.3) is 5.82 Å². The van der Waals surface area contributed by atoms with E-state index in [1.807, 2.05) is 26.0 Å². The number of aliphatic hydroxyl groups excluding tert-OH is 1. The minimum absolute atomic E-state index is 0.308. The molecule has 0 aromatic carbocycles. The second kappa shape index (κ2) is 5.30. The van der Waals surface area contributed by atoms with E-state index in [2.05, 4.69) is 27.1 Å². The Morgan fingerprint density at radius 1 is 1.28 bits per heavy atom. The third-order valence-corrected chi connectivity index (χ3v) is 2.97. The lowest BCUT2D eigenvalue weighted by atomic mass is 10.1. The zero-order chi connectivity index (χ0) is 13.1. The lowest BCUT2D eigenvalue weighted by Crippen LogP contribution is -2.27. The Hall–Kier alpha value is -1.69. The molecule has 0 aliphatic carbocycles. The van der Waals surface area contributed by atoms with Gasteiger partial charge in [-0.05, 0) is 32.0 Å². The van der Waals surface area contributed by atoms with Crippen LogP contribution < -0.4 is 11.3 Å². The van der Waals surface area contributed by atoms with E-state index in [0.717, 1.165) is 22.8 Å². The lowest BCUT2D eigenvalue weighted by Gasteiger charge is -2.12. The van der Waals surface area contributed by atoms with Gasteiger partial charge >= 0.3 is 0 Å². The Morgan fingerprint density at radius 3 is 2.44 bits per heavy atom. The van der Waals surface area contributed by atoms with Gasteiger partial charge in [-0.15, -0.1) is 0 Å². The van der Waals surface area contributed by atoms with Crippen molar-refractivity contribution in [3.63, 3.8) is 0 Å². The molecule has 0 fully saturated rings. The van der Waals surface area contributed by atoms with Crippen molar-refractivity contribution >= 4 is 0 Å². The molecule has 0 aliphatic rings. The molecule has 0 amide bonds. The number of hydrazine groups is 1. The highest BCUT2D eigenvalue weighted by atomic mass is 16.3. The van der Waals surface area contributed by atoms with Gasteiger partial charge in [-0.25, -0.2) is 4.98 Å². The fraction of sp³-hybridized carbons (Fsp3) is 0.308. The van der Waals surface area contributed by atoms with E-state index in [-0.39, 0.29) is 0 Å². The Labute approximate surface area is 106 Å². The molecule has 5 nitrogen and oxygen atoms in total. The number of pyridine rings is 1. The zero-order valence-electron chi connectivity index (χ0n) is 10.6. The molecule has 0 radical (unpaired) electrons. The van der Waals surface area contributed by atoms with E-state index in [1.54, 1.807) is 6.20 Å². The summed E-state index contributed by atoms with van der Waals surface area (Å²) in [6, 6.07) is 7.87. The second-order valence-corrected chi connectivity index (χ2v) is 4.33. The van der Waals surface area contributed by atoms with Crippen LogP contribution in [0.2, 0.25) is 0 Å². The van der Waals surface area contributed by atoms with Gasteiger partial charge in [-0.3, -0.25) is 11.3 Å². The van der Waals surface area contributed by atoms with Gasteiger partial charge in [0.1, 0.15) is 5.82 Å². The van der Waals surface area contributed by atoms with Gasteiger partial charge in [0.2, 0.25) is 0 Å². The first-order chi connectivity index (χ1) is 8.63. The van der Waals surface area contributed by atoms with Gasteiger partial charge in [0.15, 0.2) is 0 Å². The van der Waals surface area contributed by atoms with Crippen LogP contribution in [0.4, 0.5) is 0 Å². The van der Waals surface area contributed by atoms with Gasteiger partial charge in [0.05, 0.1) is 6.10 Å². The summed E-state index contributed by atoms with van der Waals surface area (Å²) in [6.07, 6.45) is 1.04. The molecule has 2 rings (SSSR count). The number of aromatic nitrogens is 2. The number of nitrogens with one attached hydrogen (secondary N) is 1. The summed E-state index contributed by atoms with van der Waals surface area (Å²) < 4.78 is 2.07. The summed E-state index contributed by atoms with van der Waals surface area (Å²) in [5.74, 6) is 6.03. The predicted octanol–water partition coefficient (Wildman–Crippen LogP) is 0.986. The molecular weight excluding hydrogens is 228 g/mol. The largest absolute Gasteiger partial charge is 0.387 e. The number of aryl methyl sites for hydroxylation is 2. The van der Waals surface area contributed by atoms with Crippen molar-refractivity contribution in [1.82, 2.24) is 15.0 Å². The van der Waals surface area contributed by atoms with Crippen LogP contribution >= 0.6 is 0 Å². The molecule has 0 aliphatic heterocycles. The molecule has 0 saturated carbocycles. The number of nitrogens with zero attached hydrogens (tertiary/aromatic N) is 2. The number of hydrogen-bond acceptors (Lipinski definition) is 4. The molecule has 4 N–H and O–H groups in total. The third-order valence-electron chi connectivity index (χ3n) is 2.97. The van der Waals surface area contributed by atoms with Crippen LogP contribution in [0.3, 0.4) is 0 Å². The number of rotatable bonds is 4. The molecule has 1 atom stereocenters. The van der Waals surface area contributed by atoms with Gasteiger partial charge in [0.25, 0.3) is 0 Å². The Kier molecular flexibility index (Phi) is 3.76. The van der Waals surface area contributed by atoms with Crippen molar-refractivity contribution in [2.75, 3.05) is 6.54 Å². The summed E-state index contributed by atoms with van der Waals surface area (Å²) in [7, 11) is 0. The van der Waals surface area contributed by atoms with E-state index in [1.165, 1.54) is 0 Å². The standard InChI is InChI=1S/C13H18N4O/c1-9-3-4-10(2)17(9)13-6-5-11(7-15-13)12(18)8-16-14/h3-7,12,16,18H,8,14H2,1-2H3/t12-/m0/s1. The van der Waals surface area contributed by atoms with Crippen molar-refractivity contribution in [3.05, 3.63) is 47.4 Å². The Bertz CT molecular complexity index is 499. The van der Waals surface area contributed by atoms with Gasteiger partial charge < -0.3 is 9.67 Å². The van der Waals surface area contributed by atoms with Crippen LogP contribution in [-0.4, -0.2) is 21.2 Å². The molecule has 18 heavy (non-hydrogen) atoms. The van der Waals surface area contributed by atoms with Crippen molar-refractivity contribution in [2.24, 2.45) is 5.84 Å². The third kappa shape index (κ3) is 2.43. The second-order valence-electron chi connectivity index (χ2n) is 4.33.